The average molecular weight is 135 g/mol. The van der Waals surface area contributed by atoms with Gasteiger partial charge < -0.3 is 4.52 Å². The molecule has 0 aromatic carbocycles. The van der Waals surface area contributed by atoms with Crippen molar-refractivity contribution in [2.24, 2.45) is 0 Å². The summed E-state index contributed by atoms with van der Waals surface area (Å²) in [6.07, 6.45) is 3.28. The molecule has 0 saturated heterocycles. The Morgan fingerprint density at radius 3 is 3.30 bits per heavy atom. The third kappa shape index (κ3) is 0.621. The van der Waals surface area contributed by atoms with E-state index in [4.69, 9.17) is 9.93 Å². The molecule has 0 atom stereocenters. The molecule has 0 fully saturated rings. The summed E-state index contributed by atoms with van der Waals surface area (Å²) < 4.78 is 6.37. The molecule has 0 aliphatic carbocycles. The second kappa shape index (κ2) is 1.70. The lowest BCUT2D eigenvalue weighted by atomic mass is 10.6. The van der Waals surface area contributed by atoms with E-state index in [2.05, 4.69) is 4.98 Å². The van der Waals surface area contributed by atoms with Crippen LogP contribution in [0.1, 0.15) is 0 Å². The second-order valence-corrected chi connectivity index (χ2v) is 1.90. The van der Waals surface area contributed by atoms with Crippen molar-refractivity contribution in [3.63, 3.8) is 0 Å². The summed E-state index contributed by atoms with van der Waals surface area (Å²) >= 11 is 0. The Labute approximate surface area is 56.2 Å². The maximum atomic E-state index is 7.10. The maximum Gasteiger partial charge on any atom is 0.239 e. The number of imidazole rings is 1. The minimum Gasteiger partial charge on any atom is -0.354 e. The lowest BCUT2D eigenvalue weighted by Crippen LogP contribution is -1.99. The van der Waals surface area contributed by atoms with Crippen LogP contribution in [-0.2, 0) is 0 Å². The first kappa shape index (κ1) is 5.22. The Hall–Kier alpha value is -1.58. The van der Waals surface area contributed by atoms with Gasteiger partial charge in [0.1, 0.15) is 0 Å². The van der Waals surface area contributed by atoms with E-state index in [1.54, 1.807) is 24.5 Å². The highest BCUT2D eigenvalue weighted by molar-refractivity contribution is 5.33. The topological polar surface area (TPSA) is 54.3 Å². The van der Waals surface area contributed by atoms with Crippen LogP contribution in [-0.4, -0.2) is 9.56 Å². The van der Waals surface area contributed by atoms with E-state index >= 15 is 0 Å². The molecule has 0 aliphatic heterocycles. The molecule has 0 radical (unpaired) electrons. The van der Waals surface area contributed by atoms with Gasteiger partial charge in [-0.05, 0) is 6.07 Å². The van der Waals surface area contributed by atoms with E-state index in [1.165, 1.54) is 4.57 Å². The van der Waals surface area contributed by atoms with Crippen LogP contribution in [0.15, 0.2) is 29.0 Å². The highest BCUT2D eigenvalue weighted by Crippen LogP contribution is 1.93. The predicted octanol–water partition coefficient (Wildman–Crippen LogP) is 0.407. The Kier molecular flexibility index (Phi) is 0.887. The summed E-state index contributed by atoms with van der Waals surface area (Å²) in [5.41, 5.74) is 0.849. The summed E-state index contributed by atoms with van der Waals surface area (Å²) in [7, 11) is 0. The summed E-state index contributed by atoms with van der Waals surface area (Å²) in [6, 6.07) is 3.29. The smallest absolute Gasteiger partial charge is 0.239 e. The molecule has 0 saturated carbocycles. The van der Waals surface area contributed by atoms with Crippen LogP contribution < -0.4 is 5.55 Å². The number of nitrogens with zero attached hydrogens (tertiary/aromatic N) is 2. The molecular weight excluding hydrogens is 130 g/mol. The van der Waals surface area contributed by atoms with Gasteiger partial charge >= 0.3 is 0 Å². The molecule has 10 heavy (non-hydrogen) atoms. The van der Waals surface area contributed by atoms with Gasteiger partial charge in [0.2, 0.25) is 5.55 Å². The standard InChI is InChI=1S/C6H5N3O/c7-5-1-2-6-8-3-4-9(6)10-5/h1-4,7H. The van der Waals surface area contributed by atoms with Crippen molar-refractivity contribution in [1.82, 2.24) is 9.56 Å². The van der Waals surface area contributed by atoms with E-state index in [9.17, 15) is 0 Å². The molecule has 0 aliphatic rings. The van der Waals surface area contributed by atoms with Crippen molar-refractivity contribution in [3.05, 3.63) is 30.1 Å². The number of fused-ring (bicyclic) bond motifs is 1. The SMILES string of the molecule is N=c1ccc2nccn2o1. The van der Waals surface area contributed by atoms with Crippen molar-refractivity contribution < 1.29 is 4.52 Å². The van der Waals surface area contributed by atoms with Crippen LogP contribution in [0.4, 0.5) is 0 Å². The van der Waals surface area contributed by atoms with Crippen molar-refractivity contribution in [1.29, 1.82) is 5.41 Å². The summed E-state index contributed by atoms with van der Waals surface area (Å²) in [5, 5.41) is 7.10. The number of aromatic nitrogens is 2. The Bertz CT molecular complexity index is 400. The quantitative estimate of drug-likeness (QED) is 0.568. The third-order valence-corrected chi connectivity index (χ3v) is 1.22. The summed E-state index contributed by atoms with van der Waals surface area (Å²) in [5.74, 6) is 0. The zero-order valence-electron chi connectivity index (χ0n) is 5.11. The molecule has 4 heteroatoms. The third-order valence-electron chi connectivity index (χ3n) is 1.22. The fraction of sp³-hybridized carbons (Fsp3) is 0. The van der Waals surface area contributed by atoms with Gasteiger partial charge in [-0.3, -0.25) is 5.41 Å². The molecule has 2 aromatic heterocycles. The largest absolute Gasteiger partial charge is 0.354 e. The molecule has 0 amide bonds. The first-order valence-corrected chi connectivity index (χ1v) is 2.84. The van der Waals surface area contributed by atoms with Crippen LogP contribution in [0.2, 0.25) is 0 Å². The van der Waals surface area contributed by atoms with Gasteiger partial charge in [0.25, 0.3) is 0 Å². The van der Waals surface area contributed by atoms with E-state index in [-0.39, 0.29) is 5.55 Å². The van der Waals surface area contributed by atoms with Gasteiger partial charge in [-0.15, -0.1) is 0 Å². The van der Waals surface area contributed by atoms with Gasteiger partial charge in [0, 0.05) is 12.3 Å². The van der Waals surface area contributed by atoms with Crippen molar-refractivity contribution >= 4 is 5.65 Å². The van der Waals surface area contributed by atoms with E-state index in [0.29, 0.717) is 0 Å². The molecule has 50 valence electrons. The molecule has 2 rings (SSSR count). The highest BCUT2D eigenvalue weighted by atomic mass is 16.5. The zero-order valence-corrected chi connectivity index (χ0v) is 5.11. The fourth-order valence-corrected chi connectivity index (χ4v) is 0.784. The molecular formula is C6H5N3O. The van der Waals surface area contributed by atoms with Crippen molar-refractivity contribution in [2.45, 2.75) is 0 Å². The number of nitrogens with one attached hydrogen (secondary N) is 1. The number of hydrogen-bond donors (Lipinski definition) is 1. The van der Waals surface area contributed by atoms with Gasteiger partial charge in [0.15, 0.2) is 5.65 Å². The second-order valence-electron chi connectivity index (χ2n) is 1.90. The average Bonchev–Trinajstić information content (AvgIpc) is 2.33. The molecule has 2 heterocycles. The molecule has 0 spiro atoms. The van der Waals surface area contributed by atoms with Gasteiger partial charge in [-0.1, -0.05) is 0 Å². The molecule has 0 unspecified atom stereocenters. The Balaban J connectivity index is 2.99. The molecule has 2 aromatic rings. The van der Waals surface area contributed by atoms with Crippen molar-refractivity contribution in [2.75, 3.05) is 0 Å². The summed E-state index contributed by atoms with van der Waals surface area (Å²) in [6.45, 7) is 0. The van der Waals surface area contributed by atoms with Gasteiger partial charge in [0.05, 0.1) is 6.20 Å². The Morgan fingerprint density at radius 2 is 2.40 bits per heavy atom. The Morgan fingerprint density at radius 1 is 1.50 bits per heavy atom. The van der Waals surface area contributed by atoms with E-state index in [0.717, 1.165) is 5.65 Å². The highest BCUT2D eigenvalue weighted by Gasteiger charge is 1.90. The van der Waals surface area contributed by atoms with E-state index < -0.39 is 0 Å². The molecule has 1 N–H and O–H groups in total. The van der Waals surface area contributed by atoms with Crippen LogP contribution in [0, 0.1) is 5.41 Å². The summed E-state index contributed by atoms with van der Waals surface area (Å²) in [4.78, 5) is 3.95. The van der Waals surface area contributed by atoms with Crippen LogP contribution in [0.25, 0.3) is 5.65 Å². The first-order valence-electron chi connectivity index (χ1n) is 2.84. The number of hydrogen-bond acceptors (Lipinski definition) is 3. The zero-order chi connectivity index (χ0) is 6.97. The van der Waals surface area contributed by atoms with Crippen LogP contribution in [0.3, 0.4) is 0 Å². The monoisotopic (exact) mass is 135 g/mol. The van der Waals surface area contributed by atoms with Gasteiger partial charge in [-0.2, -0.15) is 4.57 Å². The first-order chi connectivity index (χ1) is 4.86. The minimum absolute atomic E-state index is 0.130. The van der Waals surface area contributed by atoms with Crippen molar-refractivity contribution in [3.8, 4) is 0 Å². The predicted molar refractivity (Wildman–Crippen MR) is 33.3 cm³/mol. The van der Waals surface area contributed by atoms with E-state index in [1.807, 2.05) is 0 Å². The minimum atomic E-state index is 0.130. The molecule has 0 bridgehead atoms. The van der Waals surface area contributed by atoms with Crippen LogP contribution >= 0.6 is 0 Å². The lowest BCUT2D eigenvalue weighted by Gasteiger charge is -1.87. The maximum absolute atomic E-state index is 7.10. The van der Waals surface area contributed by atoms with Gasteiger partial charge in [-0.25, -0.2) is 4.98 Å². The lowest BCUT2D eigenvalue weighted by molar-refractivity contribution is 0.320. The van der Waals surface area contributed by atoms with Crippen LogP contribution in [0.5, 0.6) is 0 Å². The normalized spacial score (nSPS) is 10.4. The number of rotatable bonds is 0. The molecule has 4 nitrogen and oxygen atoms in total. The fourth-order valence-electron chi connectivity index (χ4n) is 0.784.